The van der Waals surface area contributed by atoms with Crippen molar-refractivity contribution in [2.75, 3.05) is 32.7 Å². The van der Waals surface area contributed by atoms with E-state index in [1.807, 2.05) is 6.07 Å². The lowest BCUT2D eigenvalue weighted by atomic mass is 10.2. The van der Waals surface area contributed by atoms with Crippen molar-refractivity contribution in [1.82, 2.24) is 10.2 Å². The van der Waals surface area contributed by atoms with E-state index in [1.54, 1.807) is 6.26 Å². The Kier molecular flexibility index (Phi) is 5.04. The molecule has 2 heterocycles. The molecule has 2 rings (SSSR count). The van der Waals surface area contributed by atoms with Gasteiger partial charge in [-0.1, -0.05) is 0 Å². The maximum absolute atomic E-state index is 5.56. The molecule has 1 aromatic rings. The quantitative estimate of drug-likeness (QED) is 0.703. The Labute approximate surface area is 103 Å². The lowest BCUT2D eigenvalue weighted by Gasteiger charge is -2.26. The van der Waals surface area contributed by atoms with Gasteiger partial charge in [-0.2, -0.15) is 0 Å². The first kappa shape index (κ1) is 12.6. The number of hydrogen-bond acceptors (Lipinski definition) is 4. The van der Waals surface area contributed by atoms with Crippen LogP contribution in [0.4, 0.5) is 0 Å². The summed E-state index contributed by atoms with van der Waals surface area (Å²) in [6.45, 7) is 5.06. The molecule has 4 heteroatoms. The largest absolute Gasteiger partial charge is 0.468 e. The summed E-state index contributed by atoms with van der Waals surface area (Å²) in [5, 5.41) is 3.47. The predicted molar refractivity (Wildman–Crippen MR) is 68.8 cm³/mol. The Bertz CT molecular complexity index is 294. The van der Waals surface area contributed by atoms with Crippen molar-refractivity contribution < 1.29 is 4.42 Å². The smallest absolute Gasteiger partial charge is 0.122 e. The van der Waals surface area contributed by atoms with E-state index >= 15 is 0 Å². The van der Waals surface area contributed by atoms with E-state index in [0.29, 0.717) is 6.04 Å². The summed E-state index contributed by atoms with van der Waals surface area (Å²) >= 11 is 0. The van der Waals surface area contributed by atoms with Crippen LogP contribution in [-0.2, 0) is 0 Å². The first-order valence-electron chi connectivity index (χ1n) is 6.60. The van der Waals surface area contributed by atoms with Gasteiger partial charge in [-0.25, -0.2) is 0 Å². The standard InChI is InChI=1S/C13H23N3O/c14-6-4-7-15-11-12(13-5-3-10-17-13)16-8-1-2-9-16/h3,5,10,12,15H,1-2,4,6-9,11,14H2. The topological polar surface area (TPSA) is 54.4 Å². The van der Waals surface area contributed by atoms with Crippen molar-refractivity contribution in [1.29, 1.82) is 0 Å². The van der Waals surface area contributed by atoms with Crippen LogP contribution in [0.1, 0.15) is 31.1 Å². The zero-order valence-corrected chi connectivity index (χ0v) is 10.4. The zero-order valence-electron chi connectivity index (χ0n) is 10.4. The van der Waals surface area contributed by atoms with Crippen LogP contribution in [0.3, 0.4) is 0 Å². The minimum atomic E-state index is 0.380. The third-order valence-electron chi connectivity index (χ3n) is 3.35. The van der Waals surface area contributed by atoms with Gasteiger partial charge in [0.15, 0.2) is 0 Å². The van der Waals surface area contributed by atoms with Gasteiger partial charge in [0.1, 0.15) is 5.76 Å². The van der Waals surface area contributed by atoms with E-state index in [9.17, 15) is 0 Å². The van der Waals surface area contributed by atoms with E-state index in [1.165, 1.54) is 25.9 Å². The molecular formula is C13H23N3O. The Morgan fingerprint density at radius 1 is 1.41 bits per heavy atom. The van der Waals surface area contributed by atoms with Gasteiger partial charge in [-0.15, -0.1) is 0 Å². The molecule has 1 aromatic heterocycles. The summed E-state index contributed by atoms with van der Waals surface area (Å²) in [6.07, 6.45) is 5.41. The van der Waals surface area contributed by atoms with Crippen LogP contribution in [0, 0.1) is 0 Å². The molecule has 0 spiro atoms. The van der Waals surface area contributed by atoms with Crippen molar-refractivity contribution in [3.8, 4) is 0 Å². The molecule has 1 atom stereocenters. The lowest BCUT2D eigenvalue weighted by molar-refractivity contribution is 0.209. The van der Waals surface area contributed by atoms with Crippen LogP contribution in [0.25, 0.3) is 0 Å². The fourth-order valence-corrected chi connectivity index (χ4v) is 2.41. The normalized spacial score (nSPS) is 18.6. The predicted octanol–water partition coefficient (Wildman–Crippen LogP) is 1.35. The van der Waals surface area contributed by atoms with Crippen molar-refractivity contribution in [3.63, 3.8) is 0 Å². The molecule has 0 aliphatic carbocycles. The summed E-state index contributed by atoms with van der Waals surface area (Å²) < 4.78 is 5.56. The number of nitrogens with zero attached hydrogens (tertiary/aromatic N) is 1. The molecule has 0 bridgehead atoms. The van der Waals surface area contributed by atoms with Crippen LogP contribution in [-0.4, -0.2) is 37.6 Å². The maximum atomic E-state index is 5.56. The van der Waals surface area contributed by atoms with Crippen LogP contribution in [0.15, 0.2) is 22.8 Å². The highest BCUT2D eigenvalue weighted by Gasteiger charge is 2.24. The number of hydrogen-bond donors (Lipinski definition) is 2. The molecule has 1 unspecified atom stereocenters. The lowest BCUT2D eigenvalue weighted by Crippen LogP contribution is -2.34. The molecule has 3 N–H and O–H groups in total. The fourth-order valence-electron chi connectivity index (χ4n) is 2.41. The number of nitrogens with two attached hydrogens (primary N) is 1. The molecule has 96 valence electrons. The van der Waals surface area contributed by atoms with Crippen LogP contribution in [0.5, 0.6) is 0 Å². The second-order valence-electron chi connectivity index (χ2n) is 4.62. The number of furan rings is 1. The highest BCUT2D eigenvalue weighted by molar-refractivity contribution is 5.06. The highest BCUT2D eigenvalue weighted by Crippen LogP contribution is 2.24. The summed E-state index contributed by atoms with van der Waals surface area (Å²) in [5.74, 6) is 1.08. The van der Waals surface area contributed by atoms with Crippen LogP contribution in [0.2, 0.25) is 0 Å². The number of likely N-dealkylation sites (tertiary alicyclic amines) is 1. The van der Waals surface area contributed by atoms with Gasteiger partial charge in [0.05, 0.1) is 12.3 Å². The molecule has 0 saturated carbocycles. The summed E-state index contributed by atoms with van der Waals surface area (Å²) in [7, 11) is 0. The molecule has 1 aliphatic heterocycles. The van der Waals surface area contributed by atoms with Gasteiger partial charge >= 0.3 is 0 Å². The minimum absolute atomic E-state index is 0.380. The van der Waals surface area contributed by atoms with Gasteiger partial charge in [0.2, 0.25) is 0 Å². The van der Waals surface area contributed by atoms with Gasteiger partial charge in [0.25, 0.3) is 0 Å². The Balaban J connectivity index is 1.88. The average molecular weight is 237 g/mol. The van der Waals surface area contributed by atoms with E-state index in [-0.39, 0.29) is 0 Å². The second kappa shape index (κ2) is 6.79. The first-order valence-corrected chi connectivity index (χ1v) is 6.60. The van der Waals surface area contributed by atoms with Crippen molar-refractivity contribution >= 4 is 0 Å². The maximum Gasteiger partial charge on any atom is 0.122 e. The van der Waals surface area contributed by atoms with Crippen LogP contribution < -0.4 is 11.1 Å². The first-order chi connectivity index (χ1) is 8.42. The van der Waals surface area contributed by atoms with Crippen LogP contribution >= 0.6 is 0 Å². The van der Waals surface area contributed by atoms with Crippen molar-refractivity contribution in [2.45, 2.75) is 25.3 Å². The van der Waals surface area contributed by atoms with Gasteiger partial charge in [-0.05, 0) is 57.6 Å². The number of rotatable bonds is 7. The van der Waals surface area contributed by atoms with Gasteiger partial charge in [-0.3, -0.25) is 4.90 Å². The Hall–Kier alpha value is -0.840. The Morgan fingerprint density at radius 2 is 2.24 bits per heavy atom. The zero-order chi connectivity index (χ0) is 11.9. The molecule has 1 aliphatic rings. The monoisotopic (exact) mass is 237 g/mol. The summed E-state index contributed by atoms with van der Waals surface area (Å²) in [4.78, 5) is 2.51. The van der Waals surface area contributed by atoms with E-state index in [0.717, 1.165) is 31.8 Å². The average Bonchev–Trinajstić information content (AvgIpc) is 3.02. The van der Waals surface area contributed by atoms with Crippen molar-refractivity contribution in [2.24, 2.45) is 5.73 Å². The highest BCUT2D eigenvalue weighted by atomic mass is 16.3. The molecular weight excluding hydrogens is 214 g/mol. The van der Waals surface area contributed by atoms with E-state index in [4.69, 9.17) is 10.2 Å². The fraction of sp³-hybridized carbons (Fsp3) is 0.692. The van der Waals surface area contributed by atoms with Gasteiger partial charge in [0, 0.05) is 6.54 Å². The molecule has 0 aromatic carbocycles. The molecule has 1 fully saturated rings. The summed E-state index contributed by atoms with van der Waals surface area (Å²) in [6, 6.07) is 4.43. The third-order valence-corrected chi connectivity index (χ3v) is 3.35. The number of nitrogens with one attached hydrogen (secondary N) is 1. The van der Waals surface area contributed by atoms with Crippen molar-refractivity contribution in [3.05, 3.63) is 24.2 Å². The minimum Gasteiger partial charge on any atom is -0.468 e. The molecule has 0 radical (unpaired) electrons. The molecule has 4 nitrogen and oxygen atoms in total. The SMILES string of the molecule is NCCCNCC(c1ccco1)N1CCCC1. The third kappa shape index (κ3) is 3.56. The van der Waals surface area contributed by atoms with Gasteiger partial charge < -0.3 is 15.5 Å². The Morgan fingerprint density at radius 3 is 2.88 bits per heavy atom. The summed E-state index contributed by atoms with van der Waals surface area (Å²) in [5.41, 5.74) is 5.49. The second-order valence-corrected chi connectivity index (χ2v) is 4.62. The molecule has 1 saturated heterocycles. The molecule has 0 amide bonds. The molecule has 17 heavy (non-hydrogen) atoms. The van der Waals surface area contributed by atoms with E-state index in [2.05, 4.69) is 16.3 Å². The van der Waals surface area contributed by atoms with E-state index < -0.39 is 0 Å².